The molecule has 1 amide bonds. The maximum atomic E-state index is 13.1. The number of rotatable bonds is 8. The van der Waals surface area contributed by atoms with Crippen LogP contribution in [0.3, 0.4) is 0 Å². The lowest BCUT2D eigenvalue weighted by molar-refractivity contribution is -0.896. The molecule has 2 rings (SSSR count). The Bertz CT molecular complexity index is 747. The Balaban J connectivity index is 2.38. The zero-order valence-corrected chi connectivity index (χ0v) is 16.8. The second-order valence-electron chi connectivity index (χ2n) is 7.88. The van der Waals surface area contributed by atoms with Crippen molar-refractivity contribution in [3.63, 3.8) is 0 Å². The highest BCUT2D eigenvalue weighted by molar-refractivity contribution is 5.96. The molecule has 1 aliphatic rings. The number of carbonyl (C=O) groups excluding carboxylic acids is 1. The van der Waals surface area contributed by atoms with Crippen LogP contribution in [0.1, 0.15) is 52.9 Å². The van der Waals surface area contributed by atoms with Gasteiger partial charge in [0.05, 0.1) is 13.1 Å². The summed E-state index contributed by atoms with van der Waals surface area (Å²) in [6.45, 7) is 9.10. The van der Waals surface area contributed by atoms with Crippen molar-refractivity contribution >= 4 is 17.4 Å². The maximum Gasteiger partial charge on any atom is 0.330 e. The van der Waals surface area contributed by atoms with Gasteiger partial charge in [-0.05, 0) is 31.6 Å². The van der Waals surface area contributed by atoms with E-state index in [1.807, 2.05) is 20.8 Å². The molecular formula is C19H34N5O3+. The quantitative estimate of drug-likeness (QED) is 0.589. The molecule has 0 saturated carbocycles. The molecule has 8 heteroatoms. The number of piperidine rings is 1. The van der Waals surface area contributed by atoms with E-state index < -0.39 is 11.2 Å². The van der Waals surface area contributed by atoms with Crippen LogP contribution in [0.2, 0.25) is 0 Å². The second-order valence-corrected chi connectivity index (χ2v) is 7.88. The van der Waals surface area contributed by atoms with Gasteiger partial charge in [0.2, 0.25) is 0 Å². The van der Waals surface area contributed by atoms with E-state index in [9.17, 15) is 14.4 Å². The van der Waals surface area contributed by atoms with Gasteiger partial charge >= 0.3 is 5.69 Å². The van der Waals surface area contributed by atoms with Crippen LogP contribution >= 0.6 is 0 Å². The first-order chi connectivity index (χ1) is 12.8. The molecule has 0 aliphatic carbocycles. The number of hydrogen-bond acceptors (Lipinski definition) is 4. The first-order valence-electron chi connectivity index (χ1n) is 10.1. The lowest BCUT2D eigenvalue weighted by atomic mass is 10.1. The van der Waals surface area contributed by atoms with Gasteiger partial charge in [0.1, 0.15) is 5.82 Å². The number of likely N-dealkylation sites (tertiary alicyclic amines) is 1. The molecule has 1 aliphatic heterocycles. The van der Waals surface area contributed by atoms with Crippen LogP contribution in [0.4, 0.5) is 11.5 Å². The number of H-pyrrole nitrogens is 1. The summed E-state index contributed by atoms with van der Waals surface area (Å²) in [5.74, 6) is 0.157. The van der Waals surface area contributed by atoms with Gasteiger partial charge in [-0.2, -0.15) is 0 Å². The first kappa shape index (κ1) is 21.2. The molecule has 1 aromatic heterocycles. The first-order valence-corrected chi connectivity index (χ1v) is 10.1. The second kappa shape index (κ2) is 9.73. The summed E-state index contributed by atoms with van der Waals surface area (Å²) < 4.78 is 1.36. The third-order valence-corrected chi connectivity index (χ3v) is 5.03. The fraction of sp³-hybridized carbons (Fsp3) is 0.737. The van der Waals surface area contributed by atoms with E-state index in [-0.39, 0.29) is 23.3 Å². The van der Waals surface area contributed by atoms with Crippen LogP contribution in [0.25, 0.3) is 0 Å². The Morgan fingerprint density at radius 1 is 1.26 bits per heavy atom. The van der Waals surface area contributed by atoms with Crippen molar-refractivity contribution in [2.24, 2.45) is 5.92 Å². The fourth-order valence-electron chi connectivity index (χ4n) is 3.60. The van der Waals surface area contributed by atoms with E-state index in [1.165, 1.54) is 20.8 Å². The number of quaternary nitrogens is 1. The standard InChI is InChI=1S/C19H33N5O3/c1-4-5-11-23(15(25)13-22-9-7-6-8-10-22)16-17(20)24(12-14(2)3)19(27)21-18(16)26/h14H,4-13,20H2,1-3H3,(H,21,26,27)/p+1. The number of anilines is 2. The number of unbranched alkanes of at least 4 members (excludes halogenated alkanes) is 1. The van der Waals surface area contributed by atoms with Gasteiger partial charge in [0.25, 0.3) is 11.5 Å². The van der Waals surface area contributed by atoms with Gasteiger partial charge in [0.15, 0.2) is 12.2 Å². The minimum atomic E-state index is -0.587. The van der Waals surface area contributed by atoms with E-state index in [0.717, 1.165) is 38.8 Å². The van der Waals surface area contributed by atoms with E-state index >= 15 is 0 Å². The lowest BCUT2D eigenvalue weighted by Crippen LogP contribution is -3.14. The Morgan fingerprint density at radius 2 is 1.93 bits per heavy atom. The van der Waals surface area contributed by atoms with Gasteiger partial charge < -0.3 is 10.6 Å². The predicted molar refractivity (Wildman–Crippen MR) is 107 cm³/mol. The number of aromatic amines is 1. The van der Waals surface area contributed by atoms with Crippen LogP contribution < -0.4 is 26.8 Å². The number of nitrogens with two attached hydrogens (primary N) is 1. The average molecular weight is 381 g/mol. The fourth-order valence-corrected chi connectivity index (χ4v) is 3.60. The molecule has 0 bridgehead atoms. The topological polar surface area (TPSA) is 106 Å². The van der Waals surface area contributed by atoms with Crippen LogP contribution in [-0.4, -0.2) is 41.6 Å². The van der Waals surface area contributed by atoms with Gasteiger partial charge in [-0.1, -0.05) is 27.2 Å². The summed E-state index contributed by atoms with van der Waals surface area (Å²) >= 11 is 0. The average Bonchev–Trinajstić information content (AvgIpc) is 2.61. The van der Waals surface area contributed by atoms with E-state index in [1.54, 1.807) is 0 Å². The summed E-state index contributed by atoms with van der Waals surface area (Å²) in [4.78, 5) is 42.9. The Kier molecular flexibility index (Phi) is 7.65. The van der Waals surface area contributed by atoms with Crippen molar-refractivity contribution in [2.75, 3.05) is 36.8 Å². The third-order valence-electron chi connectivity index (χ3n) is 5.03. The SMILES string of the molecule is CCCCN(C(=O)C[NH+]1CCCCC1)c1c(N)n(CC(C)C)c(=O)[nH]c1=O. The Labute approximate surface area is 160 Å². The van der Waals surface area contributed by atoms with Gasteiger partial charge in [0, 0.05) is 13.1 Å². The molecular weight excluding hydrogens is 346 g/mol. The molecule has 4 N–H and O–H groups in total. The molecule has 2 heterocycles. The molecule has 0 aromatic carbocycles. The van der Waals surface area contributed by atoms with Crippen LogP contribution in [0.5, 0.6) is 0 Å². The van der Waals surface area contributed by atoms with Gasteiger partial charge in [-0.25, -0.2) is 4.79 Å². The number of carbonyl (C=O) groups is 1. The van der Waals surface area contributed by atoms with Crippen LogP contribution in [0, 0.1) is 5.92 Å². The molecule has 1 saturated heterocycles. The number of amides is 1. The zero-order valence-electron chi connectivity index (χ0n) is 16.8. The van der Waals surface area contributed by atoms with Gasteiger partial charge in [-0.15, -0.1) is 0 Å². The van der Waals surface area contributed by atoms with E-state index in [0.29, 0.717) is 19.6 Å². The third kappa shape index (κ3) is 5.45. The van der Waals surface area contributed by atoms with E-state index in [2.05, 4.69) is 4.98 Å². The smallest absolute Gasteiger partial charge is 0.330 e. The van der Waals surface area contributed by atoms with Gasteiger partial charge in [-0.3, -0.25) is 24.0 Å². The molecule has 0 radical (unpaired) electrons. The molecule has 152 valence electrons. The van der Waals surface area contributed by atoms with Crippen molar-refractivity contribution in [1.82, 2.24) is 9.55 Å². The Morgan fingerprint density at radius 3 is 2.52 bits per heavy atom. The summed E-state index contributed by atoms with van der Waals surface area (Å²) in [6.07, 6.45) is 5.12. The van der Waals surface area contributed by atoms with Crippen molar-refractivity contribution in [3.05, 3.63) is 20.8 Å². The summed E-state index contributed by atoms with van der Waals surface area (Å²) in [5.41, 5.74) is 5.22. The van der Waals surface area contributed by atoms with Crippen molar-refractivity contribution < 1.29 is 9.69 Å². The normalized spacial score (nSPS) is 15.3. The highest BCUT2D eigenvalue weighted by Gasteiger charge is 2.27. The number of aromatic nitrogens is 2. The molecule has 27 heavy (non-hydrogen) atoms. The molecule has 0 atom stereocenters. The molecule has 8 nitrogen and oxygen atoms in total. The number of nitrogen functional groups attached to an aromatic ring is 1. The Hall–Kier alpha value is -2.09. The molecule has 0 unspecified atom stereocenters. The predicted octanol–water partition coefficient (Wildman–Crippen LogP) is -0.0233. The number of nitrogens with one attached hydrogen (secondary N) is 2. The largest absolute Gasteiger partial charge is 0.383 e. The lowest BCUT2D eigenvalue weighted by Gasteiger charge is -2.28. The minimum Gasteiger partial charge on any atom is -0.383 e. The highest BCUT2D eigenvalue weighted by Crippen LogP contribution is 2.18. The van der Waals surface area contributed by atoms with Crippen molar-refractivity contribution in [1.29, 1.82) is 0 Å². The minimum absolute atomic E-state index is 0.0792. The zero-order chi connectivity index (χ0) is 20.0. The van der Waals surface area contributed by atoms with Crippen LogP contribution in [-0.2, 0) is 11.3 Å². The highest BCUT2D eigenvalue weighted by atomic mass is 16.2. The summed E-state index contributed by atoms with van der Waals surface area (Å²) in [5, 5.41) is 0. The monoisotopic (exact) mass is 380 g/mol. The van der Waals surface area contributed by atoms with Crippen molar-refractivity contribution in [3.8, 4) is 0 Å². The number of hydrogen-bond donors (Lipinski definition) is 3. The van der Waals surface area contributed by atoms with E-state index in [4.69, 9.17) is 5.73 Å². The molecule has 0 spiro atoms. The molecule has 1 fully saturated rings. The maximum absolute atomic E-state index is 13.1. The summed E-state index contributed by atoms with van der Waals surface area (Å²) in [7, 11) is 0. The number of nitrogens with zero attached hydrogens (tertiary/aromatic N) is 2. The summed E-state index contributed by atoms with van der Waals surface area (Å²) in [6, 6.07) is 0. The van der Waals surface area contributed by atoms with Crippen LogP contribution in [0.15, 0.2) is 9.59 Å². The molecule has 1 aromatic rings. The van der Waals surface area contributed by atoms with Crippen molar-refractivity contribution in [2.45, 2.75) is 59.4 Å².